The average Bonchev–Trinajstić information content (AvgIpc) is 2.48. The van der Waals surface area contributed by atoms with Gasteiger partial charge in [0.2, 0.25) is 0 Å². The second-order valence-corrected chi connectivity index (χ2v) is 6.58. The molecule has 0 spiro atoms. The van der Waals surface area contributed by atoms with Gasteiger partial charge in [-0.2, -0.15) is 0 Å². The molecule has 0 radical (unpaired) electrons. The molecule has 3 fully saturated rings. The molecule has 0 aliphatic carbocycles. The van der Waals surface area contributed by atoms with E-state index in [1.54, 1.807) is 0 Å². The molecule has 0 bridgehead atoms. The number of ether oxygens (including phenoxy) is 5. The summed E-state index contributed by atoms with van der Waals surface area (Å²) in [6, 6.07) is 0. The molecule has 0 aromatic heterocycles. The zero-order valence-electron chi connectivity index (χ0n) is 13.2. The summed E-state index contributed by atoms with van der Waals surface area (Å²) >= 11 is 0. The van der Waals surface area contributed by atoms with E-state index in [0.29, 0.717) is 13.0 Å². The molecule has 3 rings (SSSR count). The lowest BCUT2D eigenvalue weighted by atomic mass is 9.88. The molecule has 3 aliphatic heterocycles. The second kappa shape index (κ2) is 6.05. The minimum atomic E-state index is -0.799. The Hall–Kier alpha value is -0.730. The molecule has 1 unspecified atom stereocenters. The van der Waals surface area contributed by atoms with Crippen molar-refractivity contribution in [3.05, 3.63) is 0 Å². The van der Waals surface area contributed by atoms with Crippen LogP contribution in [0.5, 0.6) is 0 Å². The van der Waals surface area contributed by atoms with Gasteiger partial charge < -0.3 is 28.8 Å². The van der Waals surface area contributed by atoms with Crippen molar-refractivity contribution in [2.45, 2.75) is 75.5 Å². The number of aliphatic hydroxyl groups excluding tert-OH is 1. The molecule has 0 amide bonds. The van der Waals surface area contributed by atoms with E-state index in [0.717, 1.165) is 6.42 Å². The van der Waals surface area contributed by atoms with Gasteiger partial charge in [-0.3, -0.25) is 4.79 Å². The maximum atomic E-state index is 11.4. The highest BCUT2D eigenvalue weighted by Gasteiger charge is 2.52. The maximum absolute atomic E-state index is 11.4. The third-order valence-corrected chi connectivity index (χ3v) is 4.52. The first kappa shape index (κ1) is 16.1. The summed E-state index contributed by atoms with van der Waals surface area (Å²) in [7, 11) is 1.36. The molecule has 22 heavy (non-hydrogen) atoms. The summed E-state index contributed by atoms with van der Waals surface area (Å²) < 4.78 is 28.0. The van der Waals surface area contributed by atoms with Gasteiger partial charge in [-0.1, -0.05) is 0 Å². The van der Waals surface area contributed by atoms with Crippen molar-refractivity contribution in [2.24, 2.45) is 0 Å². The fourth-order valence-corrected chi connectivity index (χ4v) is 3.39. The number of rotatable bonds is 2. The second-order valence-electron chi connectivity index (χ2n) is 6.58. The molecular formula is C15H24O7. The lowest BCUT2D eigenvalue weighted by Gasteiger charge is -2.52. The summed E-state index contributed by atoms with van der Waals surface area (Å²) in [6.07, 6.45) is -0.882. The van der Waals surface area contributed by atoms with Crippen LogP contribution in [0.1, 0.15) is 33.1 Å². The smallest absolute Gasteiger partial charge is 0.308 e. The molecule has 3 aliphatic rings. The fraction of sp³-hybridized carbons (Fsp3) is 0.933. The summed E-state index contributed by atoms with van der Waals surface area (Å²) in [6.45, 7) is 4.01. The van der Waals surface area contributed by atoms with Gasteiger partial charge in [0.1, 0.15) is 24.4 Å². The van der Waals surface area contributed by atoms with Crippen LogP contribution < -0.4 is 0 Å². The molecule has 6 atom stereocenters. The number of hydrogen-bond acceptors (Lipinski definition) is 7. The van der Waals surface area contributed by atoms with E-state index in [-0.39, 0.29) is 30.7 Å². The molecule has 7 heteroatoms. The van der Waals surface area contributed by atoms with Gasteiger partial charge in [-0.05, 0) is 26.7 Å². The van der Waals surface area contributed by atoms with E-state index >= 15 is 0 Å². The molecular weight excluding hydrogens is 292 g/mol. The molecule has 0 aromatic rings. The van der Waals surface area contributed by atoms with Crippen molar-refractivity contribution in [3.8, 4) is 0 Å². The normalized spacial score (nSPS) is 43.8. The van der Waals surface area contributed by atoms with Crippen molar-refractivity contribution in [3.63, 3.8) is 0 Å². The Morgan fingerprint density at radius 1 is 1.23 bits per heavy atom. The largest absolute Gasteiger partial charge is 0.469 e. The highest BCUT2D eigenvalue weighted by Crippen LogP contribution is 2.37. The number of aliphatic hydroxyl groups is 1. The van der Waals surface area contributed by atoms with E-state index in [2.05, 4.69) is 4.74 Å². The number of carbonyl (C=O) groups is 1. The van der Waals surface area contributed by atoms with Gasteiger partial charge in [0.25, 0.3) is 0 Å². The van der Waals surface area contributed by atoms with Gasteiger partial charge >= 0.3 is 5.97 Å². The number of methoxy groups -OCH3 is 1. The minimum absolute atomic E-state index is 0.190. The van der Waals surface area contributed by atoms with Crippen LogP contribution in [0, 0.1) is 0 Å². The lowest BCUT2D eigenvalue weighted by Crippen LogP contribution is -2.66. The van der Waals surface area contributed by atoms with E-state index in [1.807, 2.05) is 13.8 Å². The highest BCUT2D eigenvalue weighted by atomic mass is 16.7. The van der Waals surface area contributed by atoms with Crippen molar-refractivity contribution >= 4 is 5.97 Å². The first-order valence-corrected chi connectivity index (χ1v) is 7.77. The van der Waals surface area contributed by atoms with Crippen molar-refractivity contribution in [2.75, 3.05) is 13.7 Å². The summed E-state index contributed by atoms with van der Waals surface area (Å²) in [5.41, 5.74) is 0. The molecule has 1 N–H and O–H groups in total. The summed E-state index contributed by atoms with van der Waals surface area (Å²) in [5, 5.41) is 10.6. The molecule has 7 nitrogen and oxygen atoms in total. The third kappa shape index (κ3) is 3.14. The fourth-order valence-electron chi connectivity index (χ4n) is 3.39. The Kier molecular flexibility index (Phi) is 4.44. The quantitative estimate of drug-likeness (QED) is 0.737. The minimum Gasteiger partial charge on any atom is -0.469 e. The Bertz CT molecular complexity index is 424. The number of esters is 1. The van der Waals surface area contributed by atoms with Crippen molar-refractivity contribution in [1.82, 2.24) is 0 Å². The Balaban J connectivity index is 1.67. The zero-order valence-corrected chi connectivity index (χ0v) is 13.2. The van der Waals surface area contributed by atoms with Crippen LogP contribution in [0.25, 0.3) is 0 Å². The van der Waals surface area contributed by atoms with E-state index < -0.39 is 24.1 Å². The van der Waals surface area contributed by atoms with Crippen molar-refractivity contribution < 1.29 is 33.6 Å². The van der Waals surface area contributed by atoms with Gasteiger partial charge in [0.05, 0.1) is 32.3 Å². The Morgan fingerprint density at radius 3 is 2.73 bits per heavy atom. The van der Waals surface area contributed by atoms with E-state index in [4.69, 9.17) is 18.9 Å². The average molecular weight is 316 g/mol. The topological polar surface area (TPSA) is 83.5 Å². The van der Waals surface area contributed by atoms with Gasteiger partial charge in [-0.25, -0.2) is 0 Å². The summed E-state index contributed by atoms with van der Waals surface area (Å²) in [4.78, 5) is 11.4. The summed E-state index contributed by atoms with van der Waals surface area (Å²) in [5.74, 6) is -1.06. The molecule has 3 heterocycles. The van der Waals surface area contributed by atoms with Crippen LogP contribution in [0.3, 0.4) is 0 Å². The van der Waals surface area contributed by atoms with Crippen LogP contribution in [0.4, 0.5) is 0 Å². The van der Waals surface area contributed by atoms with Crippen LogP contribution in [-0.4, -0.2) is 67.2 Å². The Labute approximate surface area is 129 Å². The van der Waals surface area contributed by atoms with Crippen LogP contribution >= 0.6 is 0 Å². The first-order valence-electron chi connectivity index (χ1n) is 7.77. The number of fused-ring (bicyclic) bond motifs is 2. The first-order chi connectivity index (χ1) is 10.4. The molecule has 3 saturated heterocycles. The SMILES string of the molecule is COC(=O)CC1CC[C@@H]2O[C@H]3COC(C)(C)O[C@H]3[C@@H](O)[C@H]2O1. The van der Waals surface area contributed by atoms with Crippen LogP contribution in [0.2, 0.25) is 0 Å². The number of carbonyl (C=O) groups excluding carboxylic acids is 1. The van der Waals surface area contributed by atoms with Gasteiger partial charge in [0, 0.05) is 0 Å². The number of hydrogen-bond donors (Lipinski definition) is 1. The highest BCUT2D eigenvalue weighted by molar-refractivity contribution is 5.69. The predicted octanol–water partition coefficient (Wildman–Crippen LogP) is 0.377. The predicted molar refractivity (Wildman–Crippen MR) is 74.1 cm³/mol. The monoisotopic (exact) mass is 316 g/mol. The van der Waals surface area contributed by atoms with E-state index in [9.17, 15) is 9.90 Å². The van der Waals surface area contributed by atoms with Gasteiger partial charge in [-0.15, -0.1) is 0 Å². The van der Waals surface area contributed by atoms with Crippen molar-refractivity contribution in [1.29, 1.82) is 0 Å². The van der Waals surface area contributed by atoms with Crippen LogP contribution in [0.15, 0.2) is 0 Å². The standard InChI is InChI=1S/C15H24O7/c1-15(2)19-7-10-14(22-15)12(17)13-9(21-10)5-4-8(20-13)6-11(16)18-3/h8-10,12-14,17H,4-7H2,1-3H3/t8?,9-,10-,12-,13-,14+/m0/s1. The molecule has 126 valence electrons. The third-order valence-electron chi connectivity index (χ3n) is 4.52. The molecule has 0 aromatic carbocycles. The molecule has 0 saturated carbocycles. The lowest BCUT2D eigenvalue weighted by molar-refractivity contribution is -0.367. The zero-order chi connectivity index (χ0) is 15.9. The maximum Gasteiger partial charge on any atom is 0.308 e. The van der Waals surface area contributed by atoms with Gasteiger partial charge in [0.15, 0.2) is 5.79 Å². The van der Waals surface area contributed by atoms with E-state index in [1.165, 1.54) is 7.11 Å². The van der Waals surface area contributed by atoms with Crippen LogP contribution in [-0.2, 0) is 28.5 Å². The Morgan fingerprint density at radius 2 is 2.00 bits per heavy atom.